The summed E-state index contributed by atoms with van der Waals surface area (Å²) in [6.07, 6.45) is 0. The van der Waals surface area contributed by atoms with Crippen molar-refractivity contribution in [2.24, 2.45) is 0 Å². The summed E-state index contributed by atoms with van der Waals surface area (Å²) in [6.45, 7) is 0. The third-order valence-electron chi connectivity index (χ3n) is 1.20. The second-order valence-corrected chi connectivity index (χ2v) is 3.90. The maximum absolute atomic E-state index is 2.16. The van der Waals surface area contributed by atoms with Gasteiger partial charge in [0.1, 0.15) is 0 Å². The number of hydrogen-bond donors (Lipinski definition) is 0. The maximum Gasteiger partial charge on any atom is 0.281 e. The van der Waals surface area contributed by atoms with Crippen LogP contribution in [0.1, 0.15) is 0 Å². The third-order valence-corrected chi connectivity index (χ3v) is 3.32. The Morgan fingerprint density at radius 1 is 1.00 bits per heavy atom. The Bertz CT molecular complexity index is 201. The lowest BCUT2D eigenvalue weighted by Crippen LogP contribution is -1.65. The van der Waals surface area contributed by atoms with Crippen LogP contribution in [0.4, 0.5) is 0 Å². The van der Waals surface area contributed by atoms with Gasteiger partial charge in [0.05, 0.1) is 0 Å². The molecule has 1 radical (unpaired) electrons. The second-order valence-electron chi connectivity index (χ2n) is 1.78. The Labute approximate surface area is 63.5 Å². The van der Waals surface area contributed by atoms with Crippen molar-refractivity contribution in [2.45, 2.75) is 9.79 Å². The lowest BCUT2D eigenvalue weighted by molar-refractivity contribution is 1.27. The largest absolute Gasteiger partial charge is 0.281 e. The molecule has 0 N–H and O–H groups in total. The normalized spacial score (nSPS) is 14.7. The van der Waals surface area contributed by atoms with Gasteiger partial charge in [0.25, 0.3) is 5.84 Å². The fraction of sp³-hybridized carbons (Fsp3) is 0. The predicted molar refractivity (Wildman–Crippen MR) is 43.9 cm³/mol. The van der Waals surface area contributed by atoms with Crippen molar-refractivity contribution in [1.29, 1.82) is 0 Å². The van der Waals surface area contributed by atoms with Gasteiger partial charge in [0.15, 0.2) is 0 Å². The van der Waals surface area contributed by atoms with E-state index in [4.69, 9.17) is 0 Å². The average molecular weight is 151 g/mol. The average Bonchev–Trinajstić information content (AvgIpc) is 2.33. The van der Waals surface area contributed by atoms with Crippen LogP contribution in [0.15, 0.2) is 34.1 Å². The number of fused-ring (bicyclic) bond motifs is 1. The zero-order valence-corrected chi connectivity index (χ0v) is 6.34. The molecule has 0 aromatic heterocycles. The molecule has 1 aromatic rings. The first-order valence-corrected chi connectivity index (χ1v) is 4.47. The molecule has 0 saturated heterocycles. The highest BCUT2D eigenvalue weighted by molar-refractivity contribution is 8.52. The Kier molecular flexibility index (Phi) is 1.48. The molecule has 1 aliphatic rings. The van der Waals surface area contributed by atoms with Gasteiger partial charge in [-0.25, -0.2) is 0 Å². The molecular formula is C6H4BS2. The summed E-state index contributed by atoms with van der Waals surface area (Å²) in [5, 5.41) is 0. The molecule has 0 saturated carbocycles. The van der Waals surface area contributed by atoms with Crippen molar-refractivity contribution in [3.05, 3.63) is 24.3 Å². The van der Waals surface area contributed by atoms with Gasteiger partial charge in [-0.3, -0.25) is 0 Å². The van der Waals surface area contributed by atoms with Crippen LogP contribution in [0.25, 0.3) is 0 Å². The standard InChI is InChI=1S/C6H4BS2/c1-2-4-6-5(3-1)8-7-9-6/h1-4H. The molecule has 0 fully saturated rings. The monoisotopic (exact) mass is 151 g/mol. The van der Waals surface area contributed by atoms with E-state index in [1.165, 1.54) is 9.79 Å². The zero-order valence-electron chi connectivity index (χ0n) is 4.70. The van der Waals surface area contributed by atoms with Gasteiger partial charge in [-0.15, -0.1) is 0 Å². The summed E-state index contributed by atoms with van der Waals surface area (Å²) in [5.41, 5.74) is 0. The van der Waals surface area contributed by atoms with Gasteiger partial charge in [0, 0.05) is 9.79 Å². The molecule has 9 heavy (non-hydrogen) atoms. The van der Waals surface area contributed by atoms with Gasteiger partial charge in [-0.2, -0.15) is 23.2 Å². The van der Waals surface area contributed by atoms with Gasteiger partial charge in [-0.05, 0) is 12.1 Å². The van der Waals surface area contributed by atoms with Crippen LogP contribution in [0.2, 0.25) is 0 Å². The molecule has 1 heterocycles. The van der Waals surface area contributed by atoms with Gasteiger partial charge < -0.3 is 0 Å². The Morgan fingerprint density at radius 3 is 2.11 bits per heavy atom. The van der Waals surface area contributed by atoms with Gasteiger partial charge in [0.2, 0.25) is 0 Å². The highest BCUT2D eigenvalue weighted by atomic mass is 32.2. The summed E-state index contributed by atoms with van der Waals surface area (Å²) < 4.78 is 0. The van der Waals surface area contributed by atoms with Crippen molar-refractivity contribution in [1.82, 2.24) is 0 Å². The van der Waals surface area contributed by atoms with Crippen molar-refractivity contribution in [2.75, 3.05) is 0 Å². The van der Waals surface area contributed by atoms with E-state index in [0.717, 1.165) is 0 Å². The van der Waals surface area contributed by atoms with E-state index >= 15 is 0 Å². The minimum absolute atomic E-state index is 1.39. The van der Waals surface area contributed by atoms with Crippen LogP contribution >= 0.6 is 23.2 Å². The van der Waals surface area contributed by atoms with Gasteiger partial charge in [-0.1, -0.05) is 12.1 Å². The van der Waals surface area contributed by atoms with Crippen LogP contribution in [0, 0.1) is 0 Å². The Hall–Kier alpha value is -0.0151. The van der Waals surface area contributed by atoms with Crippen LogP contribution in [0.3, 0.4) is 0 Å². The first-order chi connectivity index (χ1) is 4.47. The van der Waals surface area contributed by atoms with Crippen LogP contribution in [-0.2, 0) is 0 Å². The molecule has 0 bridgehead atoms. The topological polar surface area (TPSA) is 0 Å². The van der Waals surface area contributed by atoms with E-state index in [0.29, 0.717) is 0 Å². The smallest absolute Gasteiger partial charge is 0.166 e. The van der Waals surface area contributed by atoms with E-state index < -0.39 is 0 Å². The molecule has 0 amide bonds. The summed E-state index contributed by atoms with van der Waals surface area (Å²) in [4.78, 5) is 2.78. The van der Waals surface area contributed by atoms with Crippen molar-refractivity contribution in [3.8, 4) is 0 Å². The minimum Gasteiger partial charge on any atom is -0.166 e. The fourth-order valence-electron chi connectivity index (χ4n) is 0.773. The SMILES string of the molecule is [B]1Sc2ccccc2S1. The first-order valence-electron chi connectivity index (χ1n) is 2.71. The molecule has 2 rings (SSSR count). The zero-order chi connectivity index (χ0) is 6.10. The number of hydrogen-bond acceptors (Lipinski definition) is 2. The predicted octanol–water partition coefficient (Wildman–Crippen LogP) is 2.42. The lowest BCUT2D eigenvalue weighted by Gasteiger charge is -1.92. The molecule has 43 valence electrons. The molecule has 3 heteroatoms. The molecule has 0 atom stereocenters. The molecule has 0 unspecified atom stereocenters. The number of rotatable bonds is 0. The summed E-state index contributed by atoms with van der Waals surface area (Å²) in [6, 6.07) is 8.45. The van der Waals surface area contributed by atoms with Crippen molar-refractivity contribution < 1.29 is 0 Å². The molecule has 0 nitrogen and oxygen atoms in total. The van der Waals surface area contributed by atoms with Crippen LogP contribution in [-0.4, -0.2) is 5.84 Å². The molecule has 0 aliphatic carbocycles. The fourth-order valence-corrected chi connectivity index (χ4v) is 2.77. The maximum atomic E-state index is 2.16. The number of benzene rings is 1. The Morgan fingerprint density at radius 2 is 1.56 bits per heavy atom. The highest BCUT2D eigenvalue weighted by Gasteiger charge is 2.10. The van der Waals surface area contributed by atoms with E-state index in [9.17, 15) is 0 Å². The van der Waals surface area contributed by atoms with E-state index in [2.05, 4.69) is 30.1 Å². The van der Waals surface area contributed by atoms with Crippen molar-refractivity contribution >= 4 is 29.1 Å². The first kappa shape index (κ1) is 5.75. The molecule has 1 aliphatic heterocycles. The van der Waals surface area contributed by atoms with E-state index in [1.807, 2.05) is 0 Å². The third kappa shape index (κ3) is 0.991. The summed E-state index contributed by atoms with van der Waals surface area (Å²) >= 11 is 3.61. The minimum atomic E-state index is 1.39. The van der Waals surface area contributed by atoms with Crippen molar-refractivity contribution in [3.63, 3.8) is 0 Å². The summed E-state index contributed by atoms with van der Waals surface area (Å²) in [7, 11) is 0. The van der Waals surface area contributed by atoms with E-state index in [1.54, 1.807) is 23.2 Å². The molecule has 1 aromatic carbocycles. The Balaban J connectivity index is 2.54. The molecule has 0 spiro atoms. The second kappa shape index (κ2) is 2.31. The van der Waals surface area contributed by atoms with Crippen LogP contribution in [0.5, 0.6) is 0 Å². The summed E-state index contributed by atoms with van der Waals surface area (Å²) in [5.74, 6) is 2.16. The quantitative estimate of drug-likeness (QED) is 0.522. The lowest BCUT2D eigenvalue weighted by atomic mass is 10.4. The van der Waals surface area contributed by atoms with Crippen LogP contribution < -0.4 is 0 Å². The van der Waals surface area contributed by atoms with E-state index in [-0.39, 0.29) is 0 Å². The highest BCUT2D eigenvalue weighted by Crippen LogP contribution is 2.38. The van der Waals surface area contributed by atoms with Gasteiger partial charge >= 0.3 is 0 Å². The molecular weight excluding hydrogens is 147 g/mol.